The van der Waals surface area contributed by atoms with Gasteiger partial charge < -0.3 is 14.4 Å². The molecule has 162 valence electrons. The first-order chi connectivity index (χ1) is 15.8. The number of anilines is 1. The van der Waals surface area contributed by atoms with Gasteiger partial charge in [0, 0.05) is 49.3 Å². The zero-order chi connectivity index (χ0) is 21.8. The SMILES string of the molecule is CCOc1ccccc1OC1CCN(c2nc(-c3cccnc3)nc3ccccc23)CC1. The lowest BCUT2D eigenvalue weighted by atomic mass is 10.1. The van der Waals surface area contributed by atoms with Crippen molar-refractivity contribution in [3.05, 3.63) is 73.1 Å². The predicted octanol–water partition coefficient (Wildman–Crippen LogP) is 5.14. The van der Waals surface area contributed by atoms with Crippen molar-refractivity contribution < 1.29 is 9.47 Å². The number of aromatic nitrogens is 3. The highest BCUT2D eigenvalue weighted by Gasteiger charge is 2.24. The number of nitrogens with zero attached hydrogens (tertiary/aromatic N) is 4. The van der Waals surface area contributed by atoms with Crippen molar-refractivity contribution in [2.24, 2.45) is 0 Å². The third-order valence-electron chi connectivity index (χ3n) is 5.69. The number of hydrogen-bond donors (Lipinski definition) is 0. The van der Waals surface area contributed by atoms with E-state index in [0.29, 0.717) is 12.4 Å². The molecule has 0 aliphatic carbocycles. The van der Waals surface area contributed by atoms with Crippen molar-refractivity contribution in [3.8, 4) is 22.9 Å². The van der Waals surface area contributed by atoms with Gasteiger partial charge in [0.2, 0.25) is 0 Å². The third-order valence-corrected chi connectivity index (χ3v) is 5.69. The number of piperidine rings is 1. The summed E-state index contributed by atoms with van der Waals surface area (Å²) in [6.07, 6.45) is 5.56. The quantitative estimate of drug-likeness (QED) is 0.426. The van der Waals surface area contributed by atoms with E-state index >= 15 is 0 Å². The molecule has 0 atom stereocenters. The fourth-order valence-electron chi connectivity index (χ4n) is 4.11. The molecule has 5 rings (SSSR count). The van der Waals surface area contributed by atoms with Gasteiger partial charge in [0.15, 0.2) is 17.3 Å². The topological polar surface area (TPSA) is 60.4 Å². The van der Waals surface area contributed by atoms with E-state index in [1.54, 1.807) is 6.20 Å². The number of fused-ring (bicyclic) bond motifs is 1. The third kappa shape index (κ3) is 4.21. The van der Waals surface area contributed by atoms with Gasteiger partial charge in [-0.2, -0.15) is 0 Å². The first-order valence-corrected chi connectivity index (χ1v) is 11.1. The molecule has 0 amide bonds. The highest BCUT2D eigenvalue weighted by Crippen LogP contribution is 2.32. The Hall–Kier alpha value is -3.67. The molecule has 1 aliphatic heterocycles. The minimum atomic E-state index is 0.152. The van der Waals surface area contributed by atoms with Crippen LogP contribution in [0.3, 0.4) is 0 Å². The molecule has 1 aliphatic rings. The molecule has 0 N–H and O–H groups in total. The lowest BCUT2D eigenvalue weighted by molar-refractivity contribution is 0.162. The van der Waals surface area contributed by atoms with Crippen LogP contribution in [0.1, 0.15) is 19.8 Å². The molecule has 1 saturated heterocycles. The fourth-order valence-corrected chi connectivity index (χ4v) is 4.11. The van der Waals surface area contributed by atoms with Gasteiger partial charge in [-0.05, 0) is 43.3 Å². The van der Waals surface area contributed by atoms with Gasteiger partial charge >= 0.3 is 0 Å². The van der Waals surface area contributed by atoms with Crippen LogP contribution in [0.5, 0.6) is 11.5 Å². The van der Waals surface area contributed by atoms with Gasteiger partial charge in [0.1, 0.15) is 11.9 Å². The molecular formula is C26H26N4O2. The Balaban J connectivity index is 1.37. The van der Waals surface area contributed by atoms with Crippen molar-refractivity contribution in [3.63, 3.8) is 0 Å². The van der Waals surface area contributed by atoms with Crippen molar-refractivity contribution in [1.82, 2.24) is 15.0 Å². The Morgan fingerprint density at radius 1 is 0.906 bits per heavy atom. The highest BCUT2D eigenvalue weighted by molar-refractivity contribution is 5.91. The molecule has 0 unspecified atom stereocenters. The average Bonchev–Trinajstić information content (AvgIpc) is 2.86. The van der Waals surface area contributed by atoms with Crippen molar-refractivity contribution >= 4 is 16.7 Å². The van der Waals surface area contributed by atoms with Crippen LogP contribution in [0.4, 0.5) is 5.82 Å². The highest BCUT2D eigenvalue weighted by atomic mass is 16.5. The van der Waals surface area contributed by atoms with Gasteiger partial charge in [0.05, 0.1) is 12.1 Å². The summed E-state index contributed by atoms with van der Waals surface area (Å²) >= 11 is 0. The summed E-state index contributed by atoms with van der Waals surface area (Å²) in [6.45, 7) is 4.35. The van der Waals surface area contributed by atoms with Crippen LogP contribution in [0.15, 0.2) is 73.1 Å². The maximum Gasteiger partial charge on any atom is 0.163 e. The minimum Gasteiger partial charge on any atom is -0.490 e. The first-order valence-electron chi connectivity index (χ1n) is 11.1. The van der Waals surface area contributed by atoms with E-state index in [-0.39, 0.29) is 6.10 Å². The van der Waals surface area contributed by atoms with Gasteiger partial charge in [-0.25, -0.2) is 9.97 Å². The largest absolute Gasteiger partial charge is 0.490 e. The maximum absolute atomic E-state index is 6.31. The van der Waals surface area contributed by atoms with Crippen LogP contribution in [-0.2, 0) is 0 Å². The summed E-state index contributed by atoms with van der Waals surface area (Å²) < 4.78 is 12.0. The molecule has 6 nitrogen and oxygen atoms in total. The molecule has 2 aromatic heterocycles. The van der Waals surface area contributed by atoms with Crippen LogP contribution in [-0.4, -0.2) is 40.8 Å². The molecule has 0 bridgehead atoms. The summed E-state index contributed by atoms with van der Waals surface area (Å²) in [4.78, 5) is 16.3. The average molecular weight is 427 g/mol. The Morgan fingerprint density at radius 3 is 2.47 bits per heavy atom. The Kier molecular flexibility index (Phi) is 5.83. The summed E-state index contributed by atoms with van der Waals surface area (Å²) in [5.74, 6) is 3.30. The van der Waals surface area contributed by atoms with Gasteiger partial charge in [-0.3, -0.25) is 4.98 Å². The smallest absolute Gasteiger partial charge is 0.163 e. The second-order valence-electron chi connectivity index (χ2n) is 7.81. The van der Waals surface area contributed by atoms with Gasteiger partial charge in [0.25, 0.3) is 0 Å². The van der Waals surface area contributed by atoms with E-state index in [1.165, 1.54) is 0 Å². The molecular weight excluding hydrogens is 400 g/mol. The Bertz CT molecular complexity index is 1190. The van der Waals surface area contributed by atoms with Crippen LogP contribution in [0.2, 0.25) is 0 Å². The zero-order valence-corrected chi connectivity index (χ0v) is 18.1. The molecule has 0 radical (unpaired) electrons. The van der Waals surface area contributed by atoms with Crippen LogP contribution >= 0.6 is 0 Å². The fraction of sp³-hybridized carbons (Fsp3) is 0.269. The summed E-state index contributed by atoms with van der Waals surface area (Å²) in [6, 6.07) is 20.0. The van der Waals surface area contributed by atoms with Crippen molar-refractivity contribution in [2.45, 2.75) is 25.9 Å². The van der Waals surface area contributed by atoms with Gasteiger partial charge in [-0.1, -0.05) is 24.3 Å². The lowest BCUT2D eigenvalue weighted by Crippen LogP contribution is -2.39. The van der Waals surface area contributed by atoms with E-state index < -0.39 is 0 Å². The molecule has 0 saturated carbocycles. The molecule has 6 heteroatoms. The van der Waals surface area contributed by atoms with E-state index in [1.807, 2.05) is 67.7 Å². The summed E-state index contributed by atoms with van der Waals surface area (Å²) in [7, 11) is 0. The first kappa shape index (κ1) is 20.2. The number of ether oxygens (including phenoxy) is 2. The molecule has 1 fully saturated rings. The van der Waals surface area contributed by atoms with E-state index in [4.69, 9.17) is 19.4 Å². The Morgan fingerprint density at radius 2 is 1.69 bits per heavy atom. The Labute approximate surface area is 187 Å². The van der Waals surface area contributed by atoms with E-state index in [0.717, 1.165) is 59.7 Å². The molecule has 2 aromatic carbocycles. The molecule has 0 spiro atoms. The van der Waals surface area contributed by atoms with E-state index in [9.17, 15) is 0 Å². The second-order valence-corrected chi connectivity index (χ2v) is 7.81. The second kappa shape index (κ2) is 9.22. The minimum absolute atomic E-state index is 0.152. The molecule has 4 aromatic rings. The summed E-state index contributed by atoms with van der Waals surface area (Å²) in [5.41, 5.74) is 1.87. The number of benzene rings is 2. The normalized spacial score (nSPS) is 14.5. The van der Waals surface area contributed by atoms with Crippen LogP contribution in [0, 0.1) is 0 Å². The number of pyridine rings is 1. The predicted molar refractivity (Wildman–Crippen MR) is 126 cm³/mol. The molecule has 3 heterocycles. The van der Waals surface area contributed by atoms with Crippen molar-refractivity contribution in [1.29, 1.82) is 0 Å². The zero-order valence-electron chi connectivity index (χ0n) is 18.1. The van der Waals surface area contributed by atoms with E-state index in [2.05, 4.69) is 16.0 Å². The number of hydrogen-bond acceptors (Lipinski definition) is 6. The maximum atomic E-state index is 6.31. The monoisotopic (exact) mass is 426 g/mol. The van der Waals surface area contributed by atoms with Crippen molar-refractivity contribution in [2.75, 3.05) is 24.6 Å². The van der Waals surface area contributed by atoms with Crippen LogP contribution in [0.25, 0.3) is 22.3 Å². The number of para-hydroxylation sites is 3. The summed E-state index contributed by atoms with van der Waals surface area (Å²) in [5, 5.41) is 1.07. The lowest BCUT2D eigenvalue weighted by Gasteiger charge is -2.33. The molecule has 32 heavy (non-hydrogen) atoms. The number of rotatable bonds is 6. The standard InChI is InChI=1S/C26H26N4O2/c1-2-31-23-11-5-6-12-24(23)32-20-13-16-30(17-14-20)26-21-9-3-4-10-22(21)28-25(29-26)19-8-7-15-27-18-19/h3-12,15,18,20H,2,13-14,16-17H2,1H3. The van der Waals surface area contributed by atoms with Gasteiger partial charge in [-0.15, -0.1) is 0 Å². The van der Waals surface area contributed by atoms with Crippen LogP contribution < -0.4 is 14.4 Å².